The summed E-state index contributed by atoms with van der Waals surface area (Å²) in [6.45, 7) is 5.38. The maximum Gasteiger partial charge on any atom is 0.0417 e. The minimum Gasteiger partial charge on any atom is -0.369 e. The van der Waals surface area contributed by atoms with Gasteiger partial charge in [0, 0.05) is 28.8 Å². The molecule has 0 heterocycles. The second kappa shape index (κ2) is 6.76. The van der Waals surface area contributed by atoms with Crippen molar-refractivity contribution in [3.63, 3.8) is 0 Å². The quantitative estimate of drug-likeness (QED) is 0.875. The van der Waals surface area contributed by atoms with Crippen LogP contribution < -0.4 is 10.6 Å². The van der Waals surface area contributed by atoms with E-state index in [1.54, 1.807) is 0 Å². The summed E-state index contributed by atoms with van der Waals surface area (Å²) < 4.78 is 1.11. The molecule has 1 aromatic carbocycles. The Morgan fingerprint density at radius 2 is 2.00 bits per heavy atom. The monoisotopic (exact) mass is 324 g/mol. The van der Waals surface area contributed by atoms with Gasteiger partial charge in [0.1, 0.15) is 0 Å². The van der Waals surface area contributed by atoms with Crippen molar-refractivity contribution in [2.45, 2.75) is 58.0 Å². The fraction of sp³-hybridized carbons (Fsp3) is 0.625. The largest absolute Gasteiger partial charge is 0.369 e. The molecule has 1 saturated carbocycles. The zero-order valence-electron chi connectivity index (χ0n) is 12.0. The summed E-state index contributed by atoms with van der Waals surface area (Å²) in [5.41, 5.74) is 8.74. The Morgan fingerprint density at radius 3 is 2.58 bits per heavy atom. The van der Waals surface area contributed by atoms with Gasteiger partial charge in [-0.3, -0.25) is 0 Å². The lowest BCUT2D eigenvalue weighted by atomic mass is 9.93. The molecule has 1 fully saturated rings. The molecule has 1 aliphatic carbocycles. The van der Waals surface area contributed by atoms with Crippen LogP contribution in [0, 0.1) is 0 Å². The number of halogens is 1. The summed E-state index contributed by atoms with van der Waals surface area (Å²) in [6.07, 6.45) is 6.77. The number of rotatable bonds is 4. The molecular formula is C16H25BrN2. The number of nitrogens with zero attached hydrogens (tertiary/aromatic N) is 1. The third-order valence-electron chi connectivity index (χ3n) is 4.15. The number of nitrogens with two attached hydrogens (primary N) is 1. The number of anilines is 1. The number of hydrogen-bond donors (Lipinski definition) is 1. The Bertz CT molecular complexity index is 411. The highest BCUT2D eigenvalue weighted by Crippen LogP contribution is 2.33. The van der Waals surface area contributed by atoms with E-state index >= 15 is 0 Å². The Hall–Kier alpha value is -0.540. The molecule has 0 bridgehead atoms. The Balaban J connectivity index is 2.31. The molecular weight excluding hydrogens is 300 g/mol. The van der Waals surface area contributed by atoms with E-state index in [4.69, 9.17) is 5.73 Å². The molecule has 1 aromatic rings. The molecule has 0 aromatic heterocycles. The van der Waals surface area contributed by atoms with Crippen molar-refractivity contribution in [2.75, 3.05) is 11.4 Å². The molecule has 19 heavy (non-hydrogen) atoms. The predicted molar refractivity (Wildman–Crippen MR) is 86.6 cm³/mol. The van der Waals surface area contributed by atoms with Gasteiger partial charge in [-0.2, -0.15) is 0 Å². The van der Waals surface area contributed by atoms with Gasteiger partial charge in [-0.1, -0.05) is 35.2 Å². The first-order valence-corrected chi connectivity index (χ1v) is 8.24. The van der Waals surface area contributed by atoms with Crippen molar-refractivity contribution in [3.05, 3.63) is 28.2 Å². The molecule has 1 atom stereocenters. The standard InChI is InChI=1S/C16H25BrN2/c1-3-19(14-7-5-4-6-8-14)16-10-9-13(17)11-15(16)12(2)18/h9-12,14H,3-8,18H2,1-2H3. The Kier molecular flexibility index (Phi) is 5.28. The maximum atomic E-state index is 6.16. The van der Waals surface area contributed by atoms with Crippen LogP contribution >= 0.6 is 15.9 Å². The highest BCUT2D eigenvalue weighted by atomic mass is 79.9. The first-order valence-electron chi connectivity index (χ1n) is 7.45. The highest BCUT2D eigenvalue weighted by molar-refractivity contribution is 9.10. The zero-order valence-corrected chi connectivity index (χ0v) is 13.6. The van der Waals surface area contributed by atoms with Crippen molar-refractivity contribution < 1.29 is 0 Å². The lowest BCUT2D eigenvalue weighted by molar-refractivity contribution is 0.417. The molecule has 0 spiro atoms. The normalized spacial score (nSPS) is 18.3. The van der Waals surface area contributed by atoms with Gasteiger partial charge >= 0.3 is 0 Å². The maximum absolute atomic E-state index is 6.16. The fourth-order valence-electron chi connectivity index (χ4n) is 3.17. The van der Waals surface area contributed by atoms with Crippen LogP contribution in [0.5, 0.6) is 0 Å². The van der Waals surface area contributed by atoms with Crippen LogP contribution in [0.2, 0.25) is 0 Å². The van der Waals surface area contributed by atoms with Crippen molar-refractivity contribution in [1.82, 2.24) is 0 Å². The van der Waals surface area contributed by atoms with Crippen molar-refractivity contribution in [1.29, 1.82) is 0 Å². The Labute approximate surface area is 125 Å². The summed E-state index contributed by atoms with van der Waals surface area (Å²) in [4.78, 5) is 2.56. The van der Waals surface area contributed by atoms with E-state index in [-0.39, 0.29) is 6.04 Å². The summed E-state index contributed by atoms with van der Waals surface area (Å²) >= 11 is 3.56. The molecule has 1 aliphatic rings. The van der Waals surface area contributed by atoms with E-state index in [0.717, 1.165) is 11.0 Å². The van der Waals surface area contributed by atoms with Gasteiger partial charge in [-0.25, -0.2) is 0 Å². The third-order valence-corrected chi connectivity index (χ3v) is 4.64. The molecule has 1 unspecified atom stereocenters. The summed E-state index contributed by atoms with van der Waals surface area (Å²) in [7, 11) is 0. The van der Waals surface area contributed by atoms with Crippen LogP contribution in [-0.2, 0) is 0 Å². The van der Waals surface area contributed by atoms with Crippen molar-refractivity contribution >= 4 is 21.6 Å². The van der Waals surface area contributed by atoms with E-state index in [0.29, 0.717) is 6.04 Å². The van der Waals surface area contributed by atoms with Gasteiger partial charge in [0.25, 0.3) is 0 Å². The summed E-state index contributed by atoms with van der Waals surface area (Å²) in [5, 5.41) is 0. The van der Waals surface area contributed by atoms with E-state index in [9.17, 15) is 0 Å². The van der Waals surface area contributed by atoms with Gasteiger partial charge in [0.05, 0.1) is 0 Å². The molecule has 2 rings (SSSR count). The van der Waals surface area contributed by atoms with Crippen LogP contribution in [0.25, 0.3) is 0 Å². The molecule has 0 radical (unpaired) electrons. The lowest BCUT2D eigenvalue weighted by Crippen LogP contribution is -2.37. The van der Waals surface area contributed by atoms with E-state index in [2.05, 4.69) is 52.9 Å². The van der Waals surface area contributed by atoms with Crippen LogP contribution in [0.1, 0.15) is 57.6 Å². The molecule has 0 aliphatic heterocycles. The average molecular weight is 325 g/mol. The lowest BCUT2D eigenvalue weighted by Gasteiger charge is -2.37. The Morgan fingerprint density at radius 1 is 1.32 bits per heavy atom. The van der Waals surface area contributed by atoms with Crippen LogP contribution in [-0.4, -0.2) is 12.6 Å². The van der Waals surface area contributed by atoms with Gasteiger partial charge in [0.15, 0.2) is 0 Å². The summed E-state index contributed by atoms with van der Waals surface area (Å²) in [5.74, 6) is 0. The van der Waals surface area contributed by atoms with Crippen LogP contribution in [0.3, 0.4) is 0 Å². The molecule has 106 valence electrons. The molecule has 2 N–H and O–H groups in total. The van der Waals surface area contributed by atoms with E-state index in [1.807, 2.05) is 0 Å². The van der Waals surface area contributed by atoms with Gasteiger partial charge in [-0.15, -0.1) is 0 Å². The van der Waals surface area contributed by atoms with E-state index < -0.39 is 0 Å². The van der Waals surface area contributed by atoms with Crippen LogP contribution in [0.15, 0.2) is 22.7 Å². The smallest absolute Gasteiger partial charge is 0.0417 e. The second-order valence-electron chi connectivity index (χ2n) is 5.57. The molecule has 0 amide bonds. The van der Waals surface area contributed by atoms with Crippen LogP contribution in [0.4, 0.5) is 5.69 Å². The highest BCUT2D eigenvalue weighted by Gasteiger charge is 2.22. The molecule has 0 saturated heterocycles. The first-order chi connectivity index (χ1) is 9.13. The fourth-order valence-corrected chi connectivity index (χ4v) is 3.55. The minimum atomic E-state index is 0.0742. The van der Waals surface area contributed by atoms with Crippen molar-refractivity contribution in [3.8, 4) is 0 Å². The number of benzene rings is 1. The number of hydrogen-bond acceptors (Lipinski definition) is 2. The van der Waals surface area contributed by atoms with Gasteiger partial charge in [0.2, 0.25) is 0 Å². The van der Waals surface area contributed by atoms with E-state index in [1.165, 1.54) is 43.4 Å². The SMILES string of the molecule is CCN(c1ccc(Br)cc1C(C)N)C1CCCCC1. The molecule has 3 heteroatoms. The summed E-state index contributed by atoms with van der Waals surface area (Å²) in [6, 6.07) is 7.29. The second-order valence-corrected chi connectivity index (χ2v) is 6.49. The van der Waals surface area contributed by atoms with Gasteiger partial charge < -0.3 is 10.6 Å². The molecule has 2 nitrogen and oxygen atoms in total. The third kappa shape index (κ3) is 3.51. The average Bonchev–Trinajstić information content (AvgIpc) is 2.42. The van der Waals surface area contributed by atoms with Gasteiger partial charge in [-0.05, 0) is 50.5 Å². The topological polar surface area (TPSA) is 29.3 Å². The zero-order chi connectivity index (χ0) is 13.8. The predicted octanol–water partition coefficient (Wildman–Crippen LogP) is 4.63. The minimum absolute atomic E-state index is 0.0742. The van der Waals surface area contributed by atoms with Crippen molar-refractivity contribution in [2.24, 2.45) is 5.73 Å². The first kappa shape index (κ1) is 14.9.